The molecule has 17 heavy (non-hydrogen) atoms. The van der Waals surface area contributed by atoms with Gasteiger partial charge in [-0.2, -0.15) is 5.10 Å². The normalized spacial score (nSPS) is 26.1. The van der Waals surface area contributed by atoms with Crippen molar-refractivity contribution in [2.45, 2.75) is 52.4 Å². The third-order valence-corrected chi connectivity index (χ3v) is 4.34. The predicted octanol–water partition coefficient (Wildman–Crippen LogP) is 2.97. The van der Waals surface area contributed by atoms with Gasteiger partial charge in [0.05, 0.1) is 0 Å². The highest BCUT2D eigenvalue weighted by atomic mass is 32.1. The average Bonchev–Trinajstić information content (AvgIpc) is 2.59. The molecule has 5 heteroatoms. The van der Waals surface area contributed by atoms with Crippen LogP contribution in [-0.2, 0) is 0 Å². The second-order valence-corrected chi connectivity index (χ2v) is 6.56. The van der Waals surface area contributed by atoms with Crippen molar-refractivity contribution < 1.29 is 0 Å². The van der Waals surface area contributed by atoms with Gasteiger partial charge in [0.15, 0.2) is 5.82 Å². The van der Waals surface area contributed by atoms with Crippen LogP contribution in [0, 0.1) is 16.1 Å². The van der Waals surface area contributed by atoms with Crippen molar-refractivity contribution in [3.05, 3.63) is 10.6 Å². The van der Waals surface area contributed by atoms with Crippen LogP contribution in [-0.4, -0.2) is 14.9 Å². The lowest BCUT2D eigenvalue weighted by molar-refractivity contribution is 0.166. The molecular formula is C12H22N4S. The summed E-state index contributed by atoms with van der Waals surface area (Å²) >= 11 is 5.05. The molecule has 4 nitrogen and oxygen atoms in total. The Labute approximate surface area is 108 Å². The van der Waals surface area contributed by atoms with Crippen LogP contribution in [0.15, 0.2) is 0 Å². The molecule has 3 N–H and O–H groups in total. The first-order valence-electron chi connectivity index (χ1n) is 6.32. The quantitative estimate of drug-likeness (QED) is 0.598. The van der Waals surface area contributed by atoms with Gasteiger partial charge in [-0.05, 0) is 49.2 Å². The fraction of sp³-hybridized carbons (Fsp3) is 0.833. The summed E-state index contributed by atoms with van der Waals surface area (Å²) in [7, 11) is 0. The van der Waals surface area contributed by atoms with Crippen LogP contribution in [0.1, 0.15) is 58.2 Å². The number of nitrogens with two attached hydrogens (primary N) is 1. The van der Waals surface area contributed by atoms with Crippen molar-refractivity contribution in [1.29, 1.82) is 0 Å². The topological polar surface area (TPSA) is 59.6 Å². The van der Waals surface area contributed by atoms with Gasteiger partial charge in [-0.25, -0.2) is 4.68 Å². The van der Waals surface area contributed by atoms with Crippen LogP contribution >= 0.6 is 12.2 Å². The minimum atomic E-state index is 0.415. The molecule has 2 rings (SSSR count). The second-order valence-electron chi connectivity index (χ2n) is 6.17. The van der Waals surface area contributed by atoms with E-state index in [0.29, 0.717) is 16.1 Å². The number of rotatable bonds is 1. The molecule has 1 fully saturated rings. The Bertz CT molecular complexity index is 432. The minimum Gasteiger partial charge on any atom is -0.335 e. The van der Waals surface area contributed by atoms with Crippen molar-refractivity contribution >= 4 is 12.2 Å². The standard InChI is InChI=1S/C12H22N4S/c1-12(2,3)9-6-4-8(5-7-9)10-14-15-11(17)16(10)13/h8-9H,4-7,13H2,1-3H3,(H,15,17). The van der Waals surface area contributed by atoms with Crippen molar-refractivity contribution in [1.82, 2.24) is 14.9 Å². The molecule has 0 atom stereocenters. The van der Waals surface area contributed by atoms with E-state index in [4.69, 9.17) is 18.1 Å². The molecule has 1 aliphatic carbocycles. The SMILES string of the molecule is CC(C)(C)C1CCC(c2n[nH]c(=S)n2N)CC1. The molecule has 0 bridgehead atoms. The lowest BCUT2D eigenvalue weighted by atomic mass is 9.70. The Kier molecular flexibility index (Phi) is 3.30. The Morgan fingerprint density at radius 1 is 1.29 bits per heavy atom. The number of nitrogens with one attached hydrogen (secondary N) is 1. The van der Waals surface area contributed by atoms with E-state index in [1.54, 1.807) is 0 Å². The highest BCUT2D eigenvalue weighted by Gasteiger charge is 2.31. The summed E-state index contributed by atoms with van der Waals surface area (Å²) in [6.07, 6.45) is 4.85. The second kappa shape index (κ2) is 4.44. The lowest BCUT2D eigenvalue weighted by Gasteiger charge is -2.36. The zero-order valence-electron chi connectivity index (χ0n) is 10.9. The Morgan fingerprint density at radius 2 is 1.88 bits per heavy atom. The summed E-state index contributed by atoms with van der Waals surface area (Å²) in [5.74, 6) is 8.07. The van der Waals surface area contributed by atoms with Gasteiger partial charge in [0.2, 0.25) is 4.77 Å². The molecule has 1 aromatic rings. The van der Waals surface area contributed by atoms with Crippen molar-refractivity contribution in [2.75, 3.05) is 5.84 Å². The number of aromatic amines is 1. The third-order valence-electron chi connectivity index (χ3n) is 4.05. The van der Waals surface area contributed by atoms with E-state index < -0.39 is 0 Å². The van der Waals surface area contributed by atoms with E-state index in [2.05, 4.69) is 31.0 Å². The van der Waals surface area contributed by atoms with E-state index in [-0.39, 0.29) is 0 Å². The molecule has 0 amide bonds. The van der Waals surface area contributed by atoms with Gasteiger partial charge < -0.3 is 5.84 Å². The van der Waals surface area contributed by atoms with Gasteiger partial charge in [0, 0.05) is 5.92 Å². The van der Waals surface area contributed by atoms with Crippen LogP contribution < -0.4 is 5.84 Å². The van der Waals surface area contributed by atoms with E-state index in [1.165, 1.54) is 30.4 Å². The Balaban J connectivity index is 2.05. The number of aromatic nitrogens is 3. The smallest absolute Gasteiger partial charge is 0.214 e. The maximum Gasteiger partial charge on any atom is 0.214 e. The molecule has 0 aromatic carbocycles. The van der Waals surface area contributed by atoms with Crippen LogP contribution in [0.2, 0.25) is 0 Å². The zero-order valence-corrected chi connectivity index (χ0v) is 11.7. The number of hydrogen-bond acceptors (Lipinski definition) is 3. The number of H-pyrrole nitrogens is 1. The fourth-order valence-corrected chi connectivity index (χ4v) is 2.96. The lowest BCUT2D eigenvalue weighted by Crippen LogP contribution is -2.27. The van der Waals surface area contributed by atoms with Crippen LogP contribution in [0.3, 0.4) is 0 Å². The molecule has 96 valence electrons. The van der Waals surface area contributed by atoms with Crippen molar-refractivity contribution in [3.8, 4) is 0 Å². The zero-order chi connectivity index (χ0) is 12.6. The molecule has 1 aliphatic rings. The highest BCUT2D eigenvalue weighted by Crippen LogP contribution is 2.42. The first kappa shape index (κ1) is 12.6. The average molecular weight is 254 g/mol. The van der Waals surface area contributed by atoms with Gasteiger partial charge in [0.1, 0.15) is 0 Å². The summed E-state index contributed by atoms with van der Waals surface area (Å²) in [6.45, 7) is 6.99. The number of hydrogen-bond donors (Lipinski definition) is 2. The molecule has 0 saturated heterocycles. The largest absolute Gasteiger partial charge is 0.335 e. The predicted molar refractivity (Wildman–Crippen MR) is 71.7 cm³/mol. The van der Waals surface area contributed by atoms with Gasteiger partial charge in [-0.15, -0.1) is 0 Å². The molecule has 0 aliphatic heterocycles. The molecule has 1 aromatic heterocycles. The van der Waals surface area contributed by atoms with Gasteiger partial charge in [0.25, 0.3) is 0 Å². The van der Waals surface area contributed by atoms with E-state index in [0.717, 1.165) is 11.7 Å². The number of nitrogens with zero attached hydrogens (tertiary/aromatic N) is 2. The van der Waals surface area contributed by atoms with Crippen LogP contribution in [0.25, 0.3) is 0 Å². The van der Waals surface area contributed by atoms with Crippen LogP contribution in [0.4, 0.5) is 0 Å². The molecular weight excluding hydrogens is 232 g/mol. The molecule has 0 spiro atoms. The maximum absolute atomic E-state index is 5.87. The summed E-state index contributed by atoms with van der Waals surface area (Å²) in [5.41, 5.74) is 0.415. The maximum atomic E-state index is 5.87. The first-order chi connectivity index (χ1) is 7.89. The summed E-state index contributed by atoms with van der Waals surface area (Å²) in [5, 5.41) is 7.01. The van der Waals surface area contributed by atoms with E-state index in [9.17, 15) is 0 Å². The molecule has 0 radical (unpaired) electrons. The number of nitrogen functional groups attached to an aromatic ring is 1. The van der Waals surface area contributed by atoms with Gasteiger partial charge >= 0.3 is 0 Å². The van der Waals surface area contributed by atoms with Gasteiger partial charge in [-0.3, -0.25) is 5.10 Å². The van der Waals surface area contributed by atoms with Crippen LogP contribution in [0.5, 0.6) is 0 Å². The fourth-order valence-electron chi connectivity index (χ4n) is 2.82. The van der Waals surface area contributed by atoms with E-state index >= 15 is 0 Å². The van der Waals surface area contributed by atoms with Crippen molar-refractivity contribution in [3.63, 3.8) is 0 Å². The Morgan fingerprint density at radius 3 is 2.29 bits per heavy atom. The summed E-state index contributed by atoms with van der Waals surface area (Å²) < 4.78 is 2.04. The highest BCUT2D eigenvalue weighted by molar-refractivity contribution is 7.71. The summed E-state index contributed by atoms with van der Waals surface area (Å²) in [6, 6.07) is 0. The summed E-state index contributed by atoms with van der Waals surface area (Å²) in [4.78, 5) is 0. The van der Waals surface area contributed by atoms with Crippen molar-refractivity contribution in [2.24, 2.45) is 11.3 Å². The monoisotopic (exact) mass is 254 g/mol. The Hall–Kier alpha value is -0.840. The third kappa shape index (κ3) is 2.54. The van der Waals surface area contributed by atoms with E-state index in [1.807, 2.05) is 0 Å². The molecule has 1 saturated carbocycles. The molecule has 1 heterocycles. The molecule has 0 unspecified atom stereocenters. The first-order valence-corrected chi connectivity index (χ1v) is 6.73. The minimum absolute atomic E-state index is 0.415. The van der Waals surface area contributed by atoms with Gasteiger partial charge in [-0.1, -0.05) is 20.8 Å².